The second-order valence-electron chi connectivity index (χ2n) is 3.94. The van der Waals surface area contributed by atoms with Crippen LogP contribution in [0.4, 0.5) is 0 Å². The molecule has 1 saturated heterocycles. The van der Waals surface area contributed by atoms with Crippen LogP contribution in [0.1, 0.15) is 19.3 Å². The van der Waals surface area contributed by atoms with Gasteiger partial charge in [-0.1, -0.05) is 0 Å². The van der Waals surface area contributed by atoms with E-state index >= 15 is 0 Å². The molecule has 16 heavy (non-hydrogen) atoms. The third-order valence-corrected chi connectivity index (χ3v) is 2.58. The summed E-state index contributed by atoms with van der Waals surface area (Å²) in [5, 5.41) is 5.49. The summed E-state index contributed by atoms with van der Waals surface area (Å²) in [4.78, 5) is 22.4. The quantitative estimate of drug-likeness (QED) is 0.530. The van der Waals surface area contributed by atoms with E-state index in [9.17, 15) is 9.59 Å². The van der Waals surface area contributed by atoms with E-state index in [-0.39, 0.29) is 17.9 Å². The summed E-state index contributed by atoms with van der Waals surface area (Å²) in [6.07, 6.45) is 1.81. The molecule has 0 aliphatic carbocycles. The molecule has 0 aromatic carbocycles. The topological polar surface area (TPSA) is 93.4 Å². The lowest BCUT2D eigenvalue weighted by molar-refractivity contribution is -0.123. The molecule has 1 rings (SSSR count). The largest absolute Gasteiger partial charge is 0.385 e. The zero-order valence-electron chi connectivity index (χ0n) is 9.49. The second-order valence-corrected chi connectivity index (χ2v) is 3.94. The third-order valence-electron chi connectivity index (χ3n) is 2.58. The number of hydrogen-bond donors (Lipinski definition) is 3. The van der Waals surface area contributed by atoms with Crippen molar-refractivity contribution in [3.63, 3.8) is 0 Å². The van der Waals surface area contributed by atoms with E-state index in [1.165, 1.54) is 0 Å². The number of carbonyl (C=O) groups is 2. The van der Waals surface area contributed by atoms with Crippen molar-refractivity contribution in [2.75, 3.05) is 20.3 Å². The summed E-state index contributed by atoms with van der Waals surface area (Å²) in [6, 6.07) is -0.497. The van der Waals surface area contributed by atoms with Crippen molar-refractivity contribution in [2.24, 2.45) is 5.73 Å². The molecular weight excluding hydrogens is 210 g/mol. The molecule has 0 saturated carbocycles. The molecule has 92 valence electrons. The fourth-order valence-corrected chi connectivity index (χ4v) is 1.56. The van der Waals surface area contributed by atoms with Gasteiger partial charge in [0.15, 0.2) is 0 Å². The zero-order valence-corrected chi connectivity index (χ0v) is 9.49. The van der Waals surface area contributed by atoms with E-state index < -0.39 is 6.04 Å². The van der Waals surface area contributed by atoms with Crippen molar-refractivity contribution >= 4 is 11.8 Å². The average molecular weight is 229 g/mol. The lowest BCUT2D eigenvalue weighted by Gasteiger charge is -2.14. The minimum absolute atomic E-state index is 0.0444. The Labute approximate surface area is 94.9 Å². The average Bonchev–Trinajstić information content (AvgIpc) is 2.68. The van der Waals surface area contributed by atoms with Gasteiger partial charge in [0.25, 0.3) is 0 Å². The normalized spacial score (nSPS) is 21.6. The van der Waals surface area contributed by atoms with Crippen molar-refractivity contribution in [3.05, 3.63) is 0 Å². The lowest BCUT2D eigenvalue weighted by atomic mass is 10.2. The number of nitrogens with two attached hydrogens (primary N) is 1. The summed E-state index contributed by atoms with van der Waals surface area (Å²) in [5.41, 5.74) is 5.64. The number of rotatable bonds is 6. The number of nitrogens with one attached hydrogen (secondary N) is 2. The van der Waals surface area contributed by atoms with Gasteiger partial charge in [0, 0.05) is 32.7 Å². The van der Waals surface area contributed by atoms with Gasteiger partial charge >= 0.3 is 0 Å². The summed E-state index contributed by atoms with van der Waals surface area (Å²) in [7, 11) is 1.57. The molecule has 0 aromatic heterocycles. The van der Waals surface area contributed by atoms with Crippen LogP contribution in [-0.2, 0) is 14.3 Å². The highest BCUT2D eigenvalue weighted by molar-refractivity contribution is 5.82. The maximum Gasteiger partial charge on any atom is 0.237 e. The van der Waals surface area contributed by atoms with Crippen LogP contribution in [0.15, 0.2) is 0 Å². The van der Waals surface area contributed by atoms with E-state index in [0.29, 0.717) is 26.0 Å². The molecule has 2 atom stereocenters. The first kappa shape index (κ1) is 12.9. The monoisotopic (exact) mass is 229 g/mol. The van der Waals surface area contributed by atoms with Gasteiger partial charge in [0.2, 0.25) is 11.8 Å². The Morgan fingerprint density at radius 2 is 2.50 bits per heavy atom. The number of methoxy groups -OCH3 is 1. The highest BCUT2D eigenvalue weighted by Crippen LogP contribution is 2.04. The Hall–Kier alpha value is -1.14. The molecule has 6 heteroatoms. The number of carbonyl (C=O) groups excluding carboxylic acids is 2. The van der Waals surface area contributed by atoms with Crippen molar-refractivity contribution in [1.29, 1.82) is 0 Å². The van der Waals surface area contributed by atoms with Crippen LogP contribution in [0.5, 0.6) is 0 Å². The molecule has 4 N–H and O–H groups in total. The zero-order chi connectivity index (χ0) is 12.0. The predicted octanol–water partition coefficient (Wildman–Crippen LogP) is -1.25. The fraction of sp³-hybridized carbons (Fsp3) is 0.800. The first-order valence-electron chi connectivity index (χ1n) is 5.45. The molecule has 0 aromatic rings. The Kier molecular flexibility index (Phi) is 5.21. The molecule has 0 bridgehead atoms. The Bertz CT molecular complexity index is 258. The van der Waals surface area contributed by atoms with Crippen LogP contribution < -0.4 is 16.4 Å². The van der Waals surface area contributed by atoms with E-state index in [4.69, 9.17) is 10.5 Å². The Morgan fingerprint density at radius 3 is 3.06 bits per heavy atom. The van der Waals surface area contributed by atoms with Gasteiger partial charge in [-0.2, -0.15) is 0 Å². The van der Waals surface area contributed by atoms with Crippen LogP contribution in [-0.4, -0.2) is 44.2 Å². The van der Waals surface area contributed by atoms with Crippen LogP contribution in [0, 0.1) is 0 Å². The minimum atomic E-state index is -0.544. The van der Waals surface area contributed by atoms with Crippen LogP contribution in [0.25, 0.3) is 0 Å². The number of hydrogen-bond acceptors (Lipinski definition) is 4. The van der Waals surface area contributed by atoms with Crippen LogP contribution in [0.3, 0.4) is 0 Å². The SMILES string of the molecule is COCCC(N)C(=O)NCC1CCC(=O)N1. The Balaban J connectivity index is 2.16. The maximum atomic E-state index is 11.5. The molecule has 1 heterocycles. The van der Waals surface area contributed by atoms with E-state index in [2.05, 4.69) is 10.6 Å². The van der Waals surface area contributed by atoms with Gasteiger partial charge in [-0.25, -0.2) is 0 Å². The highest BCUT2D eigenvalue weighted by Gasteiger charge is 2.22. The Morgan fingerprint density at radius 1 is 1.75 bits per heavy atom. The smallest absolute Gasteiger partial charge is 0.237 e. The van der Waals surface area contributed by atoms with Gasteiger partial charge in [-0.15, -0.1) is 0 Å². The van der Waals surface area contributed by atoms with Crippen LogP contribution in [0.2, 0.25) is 0 Å². The standard InChI is InChI=1S/C10H19N3O3/c1-16-5-4-8(11)10(15)12-6-7-2-3-9(14)13-7/h7-8H,2-6,11H2,1H3,(H,12,15)(H,13,14). The molecule has 0 spiro atoms. The van der Waals surface area contributed by atoms with Gasteiger partial charge < -0.3 is 21.1 Å². The maximum absolute atomic E-state index is 11.5. The van der Waals surface area contributed by atoms with E-state index in [0.717, 1.165) is 6.42 Å². The van der Waals surface area contributed by atoms with Crippen LogP contribution >= 0.6 is 0 Å². The molecule has 2 unspecified atom stereocenters. The molecule has 1 aliphatic rings. The summed E-state index contributed by atoms with van der Waals surface area (Å²) in [5.74, 6) is -0.152. The number of ether oxygens (including phenoxy) is 1. The van der Waals surface area contributed by atoms with Crippen molar-refractivity contribution in [3.8, 4) is 0 Å². The molecule has 1 fully saturated rings. The first-order valence-corrected chi connectivity index (χ1v) is 5.45. The van der Waals surface area contributed by atoms with Gasteiger partial charge in [-0.05, 0) is 12.8 Å². The molecule has 1 aliphatic heterocycles. The van der Waals surface area contributed by atoms with E-state index in [1.807, 2.05) is 0 Å². The summed E-state index contributed by atoms with van der Waals surface area (Å²) < 4.78 is 4.84. The third kappa shape index (κ3) is 4.16. The van der Waals surface area contributed by atoms with Crippen molar-refractivity contribution < 1.29 is 14.3 Å². The summed E-state index contributed by atoms with van der Waals surface area (Å²) in [6.45, 7) is 0.917. The number of amides is 2. The van der Waals surface area contributed by atoms with E-state index in [1.54, 1.807) is 7.11 Å². The summed E-state index contributed by atoms with van der Waals surface area (Å²) >= 11 is 0. The first-order chi connectivity index (χ1) is 7.63. The minimum Gasteiger partial charge on any atom is -0.385 e. The van der Waals surface area contributed by atoms with Gasteiger partial charge in [-0.3, -0.25) is 9.59 Å². The fourth-order valence-electron chi connectivity index (χ4n) is 1.56. The lowest BCUT2D eigenvalue weighted by Crippen LogP contribution is -2.46. The van der Waals surface area contributed by atoms with Crippen molar-refractivity contribution in [2.45, 2.75) is 31.3 Å². The molecule has 0 radical (unpaired) electrons. The second kappa shape index (κ2) is 6.44. The molecule has 2 amide bonds. The predicted molar refractivity (Wildman–Crippen MR) is 58.6 cm³/mol. The molecular formula is C10H19N3O3. The van der Waals surface area contributed by atoms with Gasteiger partial charge in [0.05, 0.1) is 6.04 Å². The highest BCUT2D eigenvalue weighted by atomic mass is 16.5. The van der Waals surface area contributed by atoms with Crippen molar-refractivity contribution in [1.82, 2.24) is 10.6 Å². The molecule has 6 nitrogen and oxygen atoms in total. The van der Waals surface area contributed by atoms with Gasteiger partial charge in [0.1, 0.15) is 0 Å².